The van der Waals surface area contributed by atoms with Gasteiger partial charge in [0.1, 0.15) is 30.0 Å². The molecule has 4 aliphatic carbocycles. The van der Waals surface area contributed by atoms with E-state index in [4.69, 9.17) is 23.7 Å². The van der Waals surface area contributed by atoms with Gasteiger partial charge in [-0.25, -0.2) is 4.79 Å². The first-order valence-corrected chi connectivity index (χ1v) is 25.1. The summed E-state index contributed by atoms with van der Waals surface area (Å²) in [7, 11) is 1.58. The molecular formula is C57H70N2O10. The molecule has 2 amide bonds. The predicted molar refractivity (Wildman–Crippen MR) is 261 cm³/mol. The molecule has 69 heavy (non-hydrogen) atoms. The Hall–Kier alpha value is -5.14. The molecule has 12 nitrogen and oxygen atoms in total. The summed E-state index contributed by atoms with van der Waals surface area (Å²) in [6.07, 6.45) is 8.97. The molecule has 9 rings (SSSR count). The first-order chi connectivity index (χ1) is 32.8. The lowest BCUT2D eigenvalue weighted by Crippen LogP contribution is -2.53. The highest BCUT2D eigenvalue weighted by Crippen LogP contribution is 2.60. The second-order valence-corrected chi connectivity index (χ2v) is 22.4. The third-order valence-electron chi connectivity index (χ3n) is 15.7. The lowest BCUT2D eigenvalue weighted by atomic mass is 9.52. The Balaban J connectivity index is 0.935. The van der Waals surface area contributed by atoms with E-state index in [9.17, 15) is 24.3 Å². The number of aliphatic hydroxyl groups excluding tert-OH is 1. The van der Waals surface area contributed by atoms with E-state index in [2.05, 4.69) is 44.3 Å². The molecule has 0 radical (unpaired) electrons. The van der Waals surface area contributed by atoms with Gasteiger partial charge in [0, 0.05) is 44.7 Å². The quantitative estimate of drug-likeness (QED) is 0.127. The molecule has 2 saturated heterocycles. The van der Waals surface area contributed by atoms with Gasteiger partial charge in [-0.2, -0.15) is 0 Å². The first-order valence-electron chi connectivity index (χ1n) is 25.1. The number of esters is 2. The highest BCUT2D eigenvalue weighted by molar-refractivity contribution is 5.97. The third kappa shape index (κ3) is 10.8. The van der Waals surface area contributed by atoms with Gasteiger partial charge in [-0.05, 0) is 124 Å². The average Bonchev–Trinajstić information content (AvgIpc) is 3.59. The molecule has 3 aromatic rings. The molecular weight excluding hydrogens is 873 g/mol. The SMILES string of the molecule is CN(C(=O)C1=CC2OC3(Cc4ccccc4C3)OC2C(OC(=O)c2ccc(C=C3CCC4OC4(C)CCC4C3CC4(C)C)cc2)C1)C(Cc1ccccc1)C(=O)NC(CO)CCC(=O)OC(C)(C)C. The van der Waals surface area contributed by atoms with E-state index < -0.39 is 72.1 Å². The minimum Gasteiger partial charge on any atom is -0.460 e. The molecule has 0 bridgehead atoms. The van der Waals surface area contributed by atoms with Crippen LogP contribution >= 0.6 is 0 Å². The van der Waals surface area contributed by atoms with E-state index in [-0.39, 0.29) is 31.3 Å². The summed E-state index contributed by atoms with van der Waals surface area (Å²) in [6.45, 7) is 12.0. The number of hydrogen-bond acceptors (Lipinski definition) is 10. The van der Waals surface area contributed by atoms with Gasteiger partial charge in [0.15, 0.2) is 5.79 Å². The molecule has 2 aliphatic heterocycles. The Kier molecular flexibility index (Phi) is 13.6. The molecule has 12 heteroatoms. The molecule has 2 N–H and O–H groups in total. The van der Waals surface area contributed by atoms with Gasteiger partial charge in [0.25, 0.3) is 0 Å². The monoisotopic (exact) mass is 943 g/mol. The number of carbonyl (C=O) groups is 4. The van der Waals surface area contributed by atoms with Crippen molar-refractivity contribution in [3.05, 3.63) is 124 Å². The molecule has 2 saturated carbocycles. The summed E-state index contributed by atoms with van der Waals surface area (Å²) in [5, 5.41) is 13.2. The largest absolute Gasteiger partial charge is 0.460 e. The molecule has 1 spiro atoms. The van der Waals surface area contributed by atoms with Gasteiger partial charge < -0.3 is 39.0 Å². The van der Waals surface area contributed by atoms with Crippen LogP contribution in [-0.4, -0.2) is 101 Å². The maximum absolute atomic E-state index is 14.8. The van der Waals surface area contributed by atoms with Gasteiger partial charge >= 0.3 is 11.9 Å². The van der Waals surface area contributed by atoms with Gasteiger partial charge in [-0.15, -0.1) is 0 Å². The summed E-state index contributed by atoms with van der Waals surface area (Å²) < 4.78 is 31.6. The summed E-state index contributed by atoms with van der Waals surface area (Å²) in [5.41, 5.74) is 5.93. The van der Waals surface area contributed by atoms with Crippen LogP contribution in [0.4, 0.5) is 0 Å². The van der Waals surface area contributed by atoms with Crippen molar-refractivity contribution in [3.8, 4) is 0 Å². The molecule has 6 aliphatic rings. The van der Waals surface area contributed by atoms with Crippen LogP contribution in [0.5, 0.6) is 0 Å². The minimum absolute atomic E-state index is 0.0111. The van der Waals surface area contributed by atoms with Crippen LogP contribution in [0.25, 0.3) is 6.08 Å². The Morgan fingerprint density at radius 2 is 1.61 bits per heavy atom. The minimum atomic E-state index is -1.00. The van der Waals surface area contributed by atoms with E-state index in [1.165, 1.54) is 23.3 Å². The molecule has 368 valence electrons. The van der Waals surface area contributed by atoms with E-state index in [0.29, 0.717) is 47.3 Å². The zero-order valence-corrected chi connectivity index (χ0v) is 41.3. The van der Waals surface area contributed by atoms with Gasteiger partial charge in [-0.1, -0.05) is 92.2 Å². The smallest absolute Gasteiger partial charge is 0.338 e. The number of aliphatic hydroxyl groups is 1. The number of amides is 2. The van der Waals surface area contributed by atoms with Gasteiger partial charge in [0.05, 0.1) is 29.9 Å². The van der Waals surface area contributed by atoms with Crippen molar-refractivity contribution in [2.75, 3.05) is 13.7 Å². The van der Waals surface area contributed by atoms with Crippen molar-refractivity contribution < 1.29 is 48.0 Å². The van der Waals surface area contributed by atoms with Gasteiger partial charge in [0.2, 0.25) is 11.8 Å². The topological polar surface area (TPSA) is 153 Å². The number of ether oxygens (including phenoxy) is 5. The Morgan fingerprint density at radius 1 is 0.913 bits per heavy atom. The van der Waals surface area contributed by atoms with Crippen molar-refractivity contribution in [1.82, 2.24) is 10.2 Å². The van der Waals surface area contributed by atoms with Crippen molar-refractivity contribution in [1.29, 1.82) is 0 Å². The summed E-state index contributed by atoms with van der Waals surface area (Å²) in [6, 6.07) is 23.3. The zero-order chi connectivity index (χ0) is 48.9. The summed E-state index contributed by atoms with van der Waals surface area (Å²) >= 11 is 0. The van der Waals surface area contributed by atoms with Crippen molar-refractivity contribution >= 4 is 29.8 Å². The number of allylic oxidation sites excluding steroid dienone is 1. The highest BCUT2D eigenvalue weighted by atomic mass is 16.8. The fourth-order valence-electron chi connectivity index (χ4n) is 11.8. The first kappa shape index (κ1) is 48.9. The zero-order valence-electron chi connectivity index (χ0n) is 41.3. The number of benzene rings is 3. The van der Waals surface area contributed by atoms with E-state index in [1.807, 2.05) is 66.7 Å². The van der Waals surface area contributed by atoms with Crippen molar-refractivity contribution in [2.45, 2.75) is 166 Å². The van der Waals surface area contributed by atoms with Crippen LogP contribution in [-0.2, 0) is 57.3 Å². The fourth-order valence-corrected chi connectivity index (χ4v) is 11.8. The van der Waals surface area contributed by atoms with Crippen LogP contribution in [0, 0.1) is 17.3 Å². The average molecular weight is 943 g/mol. The number of rotatable bonds is 13. The number of hydrogen-bond donors (Lipinski definition) is 2. The second-order valence-electron chi connectivity index (χ2n) is 22.4. The summed E-state index contributed by atoms with van der Waals surface area (Å²) in [5.74, 6) is -1.72. The molecule has 0 aromatic heterocycles. The van der Waals surface area contributed by atoms with Crippen LogP contribution in [0.15, 0.2) is 96.1 Å². The van der Waals surface area contributed by atoms with Gasteiger partial charge in [-0.3, -0.25) is 14.4 Å². The van der Waals surface area contributed by atoms with Crippen LogP contribution < -0.4 is 5.32 Å². The number of nitrogens with one attached hydrogen (secondary N) is 1. The predicted octanol–water partition coefficient (Wildman–Crippen LogP) is 8.27. The molecule has 3 aromatic carbocycles. The van der Waals surface area contributed by atoms with E-state index in [1.54, 1.807) is 33.9 Å². The summed E-state index contributed by atoms with van der Waals surface area (Å²) in [4.78, 5) is 57.2. The Labute approximate surface area is 407 Å². The van der Waals surface area contributed by atoms with Crippen LogP contribution in [0.3, 0.4) is 0 Å². The maximum atomic E-state index is 14.8. The van der Waals surface area contributed by atoms with Crippen molar-refractivity contribution in [3.63, 3.8) is 0 Å². The fraction of sp³-hybridized carbons (Fsp3) is 0.544. The second kappa shape index (κ2) is 19.2. The molecule has 2 heterocycles. The highest BCUT2D eigenvalue weighted by Gasteiger charge is 2.57. The van der Waals surface area contributed by atoms with Crippen LogP contribution in [0.1, 0.15) is 126 Å². The molecule has 4 fully saturated rings. The van der Waals surface area contributed by atoms with Crippen LogP contribution in [0.2, 0.25) is 0 Å². The van der Waals surface area contributed by atoms with E-state index in [0.717, 1.165) is 41.5 Å². The number of epoxide rings is 1. The standard InChI is InChI=1S/C57H70N2O10/c1-54(2,3)68-49(61)24-22-42(34-60)58-51(62)45(28-35-13-9-8-10-14-35)59(7)52(63)41-29-46(50-47(30-41)66-57(69-50)31-39-15-11-12-16-40(39)32-57)65-53(64)37-19-17-36(18-20-37)27-38-21-23-48-56(6,67-48)26-25-44-43(38)33-55(44,4)5/h8-20,27,30,42-48,50,60H,21-26,28-29,31-34H2,1-7H3,(H,58,62). The van der Waals surface area contributed by atoms with Crippen molar-refractivity contribution in [2.24, 2.45) is 17.3 Å². The number of likely N-dealkylation sites (N-methyl/N-ethyl adjacent to an activating group) is 1. The lowest BCUT2D eigenvalue weighted by molar-refractivity contribution is -0.172. The molecule has 9 unspecified atom stereocenters. The Morgan fingerprint density at radius 3 is 2.28 bits per heavy atom. The molecule has 9 atom stereocenters. The third-order valence-corrected chi connectivity index (χ3v) is 15.7. The number of nitrogens with zero attached hydrogens (tertiary/aromatic N) is 1. The van der Waals surface area contributed by atoms with E-state index >= 15 is 0 Å². The maximum Gasteiger partial charge on any atom is 0.338 e. The number of carbonyl (C=O) groups excluding carboxylic acids is 4. The Bertz CT molecular complexity index is 2450. The normalized spacial score (nSPS) is 28.7. The lowest BCUT2D eigenvalue weighted by Gasteiger charge is -2.53. The number of fused-ring (bicyclic) bond motifs is 4.